The molecule has 2 N–H and O–H groups in total. The number of amides is 1. The maximum atomic E-state index is 12.9. The molecule has 2 aromatic heterocycles. The summed E-state index contributed by atoms with van der Waals surface area (Å²) in [5.74, 6) is 1.09. The predicted octanol–water partition coefficient (Wildman–Crippen LogP) is 4.76. The number of carbonyl (C=O) groups is 1. The van der Waals surface area contributed by atoms with Crippen molar-refractivity contribution in [2.75, 3.05) is 19.0 Å². The number of methoxy groups -OCH3 is 1. The molecule has 1 aromatic carbocycles. The van der Waals surface area contributed by atoms with Gasteiger partial charge in [0.25, 0.3) is 5.91 Å². The molecular formula is C24H32N4O2. The first kappa shape index (κ1) is 21.8. The molecule has 0 bridgehead atoms. The largest absolute Gasteiger partial charge is 0.383 e. The highest BCUT2D eigenvalue weighted by molar-refractivity contribution is 6.06. The van der Waals surface area contributed by atoms with Crippen molar-refractivity contribution in [1.82, 2.24) is 14.9 Å². The third-order valence-corrected chi connectivity index (χ3v) is 4.96. The summed E-state index contributed by atoms with van der Waals surface area (Å²) in [6.07, 6.45) is 2.92. The Morgan fingerprint density at radius 3 is 2.50 bits per heavy atom. The first-order chi connectivity index (χ1) is 14.4. The summed E-state index contributed by atoms with van der Waals surface area (Å²) in [5.41, 5.74) is 3.74. The monoisotopic (exact) mass is 408 g/mol. The summed E-state index contributed by atoms with van der Waals surface area (Å²) in [6.45, 7) is 9.65. The maximum absolute atomic E-state index is 12.9. The molecule has 0 aliphatic carbocycles. The minimum Gasteiger partial charge on any atom is -0.383 e. The molecule has 6 heteroatoms. The van der Waals surface area contributed by atoms with Gasteiger partial charge < -0.3 is 19.9 Å². The number of pyridine rings is 1. The lowest BCUT2D eigenvalue weighted by atomic mass is 10.1. The summed E-state index contributed by atoms with van der Waals surface area (Å²) < 4.78 is 7.20. The van der Waals surface area contributed by atoms with Gasteiger partial charge in [0.15, 0.2) is 0 Å². The van der Waals surface area contributed by atoms with Crippen LogP contribution >= 0.6 is 0 Å². The lowest BCUT2D eigenvalue weighted by Crippen LogP contribution is -2.35. The summed E-state index contributed by atoms with van der Waals surface area (Å²) in [5, 5.41) is 7.23. The van der Waals surface area contributed by atoms with E-state index in [-0.39, 0.29) is 11.9 Å². The average Bonchev–Trinajstić information content (AvgIpc) is 3.06. The third kappa shape index (κ3) is 5.19. The number of nitrogens with zero attached hydrogens (tertiary/aromatic N) is 2. The second kappa shape index (κ2) is 9.76. The molecule has 3 aromatic rings. The SMILES string of the molecule is CCc1ccc(Nc2ccc3c(C(=O)N[C@H](C)COC)cn(CC(C)C)c3n2)cc1. The van der Waals surface area contributed by atoms with Gasteiger partial charge in [-0.2, -0.15) is 0 Å². The number of hydrogen-bond donors (Lipinski definition) is 2. The van der Waals surface area contributed by atoms with Gasteiger partial charge in [-0.05, 0) is 49.1 Å². The fourth-order valence-electron chi connectivity index (χ4n) is 3.51. The van der Waals surface area contributed by atoms with Gasteiger partial charge in [-0.3, -0.25) is 4.79 Å². The fraction of sp³-hybridized carbons (Fsp3) is 0.417. The molecular weight excluding hydrogens is 376 g/mol. The Hall–Kier alpha value is -2.86. The van der Waals surface area contributed by atoms with Gasteiger partial charge >= 0.3 is 0 Å². The van der Waals surface area contributed by atoms with Crippen molar-refractivity contribution in [2.45, 2.75) is 46.7 Å². The molecule has 3 rings (SSSR count). The Labute approximate surface area is 178 Å². The van der Waals surface area contributed by atoms with Crippen molar-refractivity contribution in [1.29, 1.82) is 0 Å². The van der Waals surface area contributed by atoms with Gasteiger partial charge in [-0.15, -0.1) is 0 Å². The molecule has 0 unspecified atom stereocenters. The van der Waals surface area contributed by atoms with Crippen LogP contribution in [0.1, 0.15) is 43.6 Å². The van der Waals surface area contributed by atoms with Crippen molar-refractivity contribution < 1.29 is 9.53 Å². The van der Waals surface area contributed by atoms with Gasteiger partial charge in [0.05, 0.1) is 12.2 Å². The second-order valence-electron chi connectivity index (χ2n) is 8.16. The minimum absolute atomic E-state index is 0.0639. The van der Waals surface area contributed by atoms with Crippen LogP contribution in [0.25, 0.3) is 11.0 Å². The van der Waals surface area contributed by atoms with Crippen LogP contribution in [0.4, 0.5) is 11.5 Å². The summed E-state index contributed by atoms with van der Waals surface area (Å²) in [4.78, 5) is 17.7. The number of rotatable bonds is 9. The number of fused-ring (bicyclic) bond motifs is 1. The zero-order valence-electron chi connectivity index (χ0n) is 18.5. The van der Waals surface area contributed by atoms with Crippen LogP contribution in [0, 0.1) is 5.92 Å². The van der Waals surface area contributed by atoms with E-state index in [1.165, 1.54) is 5.56 Å². The number of aryl methyl sites for hydroxylation is 1. The molecule has 30 heavy (non-hydrogen) atoms. The highest BCUT2D eigenvalue weighted by atomic mass is 16.5. The Morgan fingerprint density at radius 2 is 1.87 bits per heavy atom. The zero-order valence-corrected chi connectivity index (χ0v) is 18.5. The summed E-state index contributed by atoms with van der Waals surface area (Å²) in [6, 6.07) is 12.2. The topological polar surface area (TPSA) is 68.2 Å². The number of benzene rings is 1. The van der Waals surface area contributed by atoms with Crippen LogP contribution in [0.3, 0.4) is 0 Å². The molecule has 2 heterocycles. The van der Waals surface area contributed by atoms with Gasteiger partial charge in [0, 0.05) is 37.0 Å². The molecule has 160 valence electrons. The Kier molecular flexibility index (Phi) is 7.11. The van der Waals surface area contributed by atoms with Crippen molar-refractivity contribution in [3.63, 3.8) is 0 Å². The van der Waals surface area contributed by atoms with E-state index in [9.17, 15) is 4.79 Å². The van der Waals surface area contributed by atoms with Gasteiger partial charge in [0.2, 0.25) is 0 Å². The standard InChI is InChI=1S/C24H32N4O2/c1-6-18-7-9-19(10-8-18)26-22-12-11-20-21(24(29)25-17(4)15-30-5)14-28(13-16(2)3)23(20)27-22/h7-12,14,16-17H,6,13,15H2,1-5H3,(H,25,29)(H,26,27)/t17-/m1/s1. The Balaban J connectivity index is 1.92. The van der Waals surface area contributed by atoms with Crippen molar-refractivity contribution in [2.24, 2.45) is 5.92 Å². The van der Waals surface area contributed by atoms with Gasteiger partial charge in [-0.25, -0.2) is 4.98 Å². The second-order valence-corrected chi connectivity index (χ2v) is 8.16. The molecule has 0 saturated carbocycles. The molecule has 0 radical (unpaired) electrons. The van der Waals surface area contributed by atoms with Gasteiger partial charge in [0.1, 0.15) is 11.5 Å². The molecule has 0 spiro atoms. The molecule has 1 atom stereocenters. The Bertz CT molecular complexity index is 992. The number of carbonyl (C=O) groups excluding carboxylic acids is 1. The number of ether oxygens (including phenoxy) is 1. The van der Waals surface area contributed by atoms with Gasteiger partial charge in [-0.1, -0.05) is 32.9 Å². The van der Waals surface area contributed by atoms with E-state index in [1.807, 2.05) is 25.3 Å². The minimum atomic E-state index is -0.107. The van der Waals surface area contributed by atoms with E-state index in [0.29, 0.717) is 18.1 Å². The lowest BCUT2D eigenvalue weighted by molar-refractivity contribution is 0.0907. The molecule has 0 aliphatic heterocycles. The van der Waals surface area contributed by atoms with Crippen LogP contribution in [-0.4, -0.2) is 35.2 Å². The summed E-state index contributed by atoms with van der Waals surface area (Å²) >= 11 is 0. The van der Waals surface area contributed by atoms with Crippen LogP contribution in [0.2, 0.25) is 0 Å². The van der Waals surface area contributed by atoms with E-state index in [1.54, 1.807) is 7.11 Å². The first-order valence-electron chi connectivity index (χ1n) is 10.6. The Morgan fingerprint density at radius 1 is 1.13 bits per heavy atom. The van der Waals surface area contributed by atoms with E-state index in [0.717, 1.165) is 35.5 Å². The summed E-state index contributed by atoms with van der Waals surface area (Å²) in [7, 11) is 1.63. The number of nitrogens with one attached hydrogen (secondary N) is 2. The number of aromatic nitrogens is 2. The molecule has 0 saturated heterocycles. The van der Waals surface area contributed by atoms with Crippen LogP contribution in [0.5, 0.6) is 0 Å². The average molecular weight is 409 g/mol. The molecule has 6 nitrogen and oxygen atoms in total. The zero-order chi connectivity index (χ0) is 21.7. The molecule has 0 aliphatic rings. The van der Waals surface area contributed by atoms with Crippen LogP contribution in [-0.2, 0) is 17.7 Å². The molecule has 1 amide bonds. The van der Waals surface area contributed by atoms with E-state index < -0.39 is 0 Å². The lowest BCUT2D eigenvalue weighted by Gasteiger charge is -2.12. The first-order valence-corrected chi connectivity index (χ1v) is 10.6. The quantitative estimate of drug-likeness (QED) is 0.535. The van der Waals surface area contributed by atoms with E-state index in [4.69, 9.17) is 9.72 Å². The van der Waals surface area contributed by atoms with Crippen LogP contribution in [0.15, 0.2) is 42.6 Å². The van der Waals surface area contributed by atoms with Crippen molar-refractivity contribution in [3.8, 4) is 0 Å². The maximum Gasteiger partial charge on any atom is 0.253 e. The van der Waals surface area contributed by atoms with E-state index in [2.05, 4.69) is 60.2 Å². The highest BCUT2D eigenvalue weighted by Crippen LogP contribution is 2.25. The van der Waals surface area contributed by atoms with Crippen LogP contribution < -0.4 is 10.6 Å². The third-order valence-electron chi connectivity index (χ3n) is 4.96. The number of anilines is 2. The fourth-order valence-corrected chi connectivity index (χ4v) is 3.51. The highest BCUT2D eigenvalue weighted by Gasteiger charge is 2.18. The van der Waals surface area contributed by atoms with Crippen molar-refractivity contribution in [3.05, 3.63) is 53.7 Å². The predicted molar refractivity (Wildman–Crippen MR) is 122 cm³/mol. The normalized spacial score (nSPS) is 12.3. The smallest absolute Gasteiger partial charge is 0.253 e. The van der Waals surface area contributed by atoms with Crippen molar-refractivity contribution >= 4 is 28.4 Å². The number of hydrogen-bond acceptors (Lipinski definition) is 4. The molecule has 0 fully saturated rings. The van der Waals surface area contributed by atoms with E-state index >= 15 is 0 Å².